The lowest BCUT2D eigenvalue weighted by molar-refractivity contribution is 0.154. The van der Waals surface area contributed by atoms with Crippen molar-refractivity contribution in [3.63, 3.8) is 0 Å². The van der Waals surface area contributed by atoms with Gasteiger partial charge < -0.3 is 14.9 Å². The number of hydrogen-bond acceptors (Lipinski definition) is 4. The van der Waals surface area contributed by atoms with E-state index in [1.807, 2.05) is 12.1 Å². The Labute approximate surface area is 114 Å². The van der Waals surface area contributed by atoms with E-state index < -0.39 is 0 Å². The van der Waals surface area contributed by atoms with Crippen LogP contribution in [0.15, 0.2) is 24.3 Å². The fourth-order valence-corrected chi connectivity index (χ4v) is 2.70. The van der Waals surface area contributed by atoms with E-state index in [0.29, 0.717) is 13.0 Å². The van der Waals surface area contributed by atoms with Crippen molar-refractivity contribution in [3.05, 3.63) is 29.8 Å². The minimum atomic E-state index is -0.280. The van der Waals surface area contributed by atoms with Crippen molar-refractivity contribution >= 4 is 0 Å². The van der Waals surface area contributed by atoms with Gasteiger partial charge in [0.2, 0.25) is 0 Å². The molecule has 1 aliphatic heterocycles. The molecule has 0 amide bonds. The van der Waals surface area contributed by atoms with E-state index in [0.717, 1.165) is 25.1 Å². The molecule has 0 spiro atoms. The Balaban J connectivity index is 1.76. The van der Waals surface area contributed by atoms with Gasteiger partial charge in [0.1, 0.15) is 5.75 Å². The summed E-state index contributed by atoms with van der Waals surface area (Å²) in [6, 6.07) is 8.25. The SMILES string of the molecule is COc1ccc(CCCN2CC(O)CC2CO)cc1. The second-order valence-corrected chi connectivity index (χ2v) is 5.17. The van der Waals surface area contributed by atoms with Crippen molar-refractivity contribution in [2.45, 2.75) is 31.4 Å². The van der Waals surface area contributed by atoms with Gasteiger partial charge in [0.15, 0.2) is 0 Å². The van der Waals surface area contributed by atoms with Gasteiger partial charge in [-0.3, -0.25) is 4.90 Å². The van der Waals surface area contributed by atoms with Crippen LogP contribution in [0, 0.1) is 0 Å². The first-order chi connectivity index (χ1) is 9.22. The zero-order chi connectivity index (χ0) is 13.7. The lowest BCUT2D eigenvalue weighted by Crippen LogP contribution is -2.33. The molecule has 4 nitrogen and oxygen atoms in total. The van der Waals surface area contributed by atoms with Gasteiger partial charge in [-0.2, -0.15) is 0 Å². The van der Waals surface area contributed by atoms with Crippen LogP contribution in [0.3, 0.4) is 0 Å². The Morgan fingerprint density at radius 3 is 2.68 bits per heavy atom. The van der Waals surface area contributed by atoms with Crippen molar-refractivity contribution in [2.24, 2.45) is 0 Å². The number of aliphatic hydroxyl groups is 2. The quantitative estimate of drug-likeness (QED) is 0.807. The molecule has 2 rings (SSSR count). The van der Waals surface area contributed by atoms with Crippen LogP contribution in [0.25, 0.3) is 0 Å². The topological polar surface area (TPSA) is 52.9 Å². The van der Waals surface area contributed by atoms with Crippen LogP contribution >= 0.6 is 0 Å². The number of likely N-dealkylation sites (tertiary alicyclic amines) is 1. The van der Waals surface area contributed by atoms with E-state index in [9.17, 15) is 10.2 Å². The monoisotopic (exact) mass is 265 g/mol. The molecule has 2 atom stereocenters. The Kier molecular flexibility index (Phi) is 5.19. The highest BCUT2D eigenvalue weighted by atomic mass is 16.5. The van der Waals surface area contributed by atoms with Crippen LogP contribution in [0.4, 0.5) is 0 Å². The first-order valence-corrected chi connectivity index (χ1v) is 6.89. The van der Waals surface area contributed by atoms with Crippen LogP contribution in [0.1, 0.15) is 18.4 Å². The third-order valence-electron chi connectivity index (χ3n) is 3.79. The molecular weight excluding hydrogens is 242 g/mol. The molecule has 0 aromatic heterocycles. The minimum Gasteiger partial charge on any atom is -0.497 e. The molecule has 0 bridgehead atoms. The number of hydrogen-bond donors (Lipinski definition) is 2. The number of β-amino-alcohol motifs (C(OH)–C–C–N with tert-alkyl or cyclic N) is 1. The normalized spacial score (nSPS) is 23.7. The number of rotatable bonds is 6. The molecule has 1 aromatic carbocycles. The van der Waals surface area contributed by atoms with E-state index in [-0.39, 0.29) is 18.8 Å². The molecule has 1 fully saturated rings. The summed E-state index contributed by atoms with van der Waals surface area (Å²) < 4.78 is 5.13. The molecule has 2 unspecified atom stereocenters. The molecule has 2 N–H and O–H groups in total. The lowest BCUT2D eigenvalue weighted by atomic mass is 10.1. The third-order valence-corrected chi connectivity index (χ3v) is 3.79. The zero-order valence-electron chi connectivity index (χ0n) is 11.5. The standard InChI is InChI=1S/C15H23NO3/c1-19-15-6-4-12(5-7-15)3-2-8-16-10-14(18)9-13(16)11-17/h4-7,13-14,17-18H,2-3,8-11H2,1H3. The molecule has 106 valence electrons. The van der Waals surface area contributed by atoms with Gasteiger partial charge in [-0.15, -0.1) is 0 Å². The lowest BCUT2D eigenvalue weighted by Gasteiger charge is -2.22. The average molecular weight is 265 g/mol. The first kappa shape index (κ1) is 14.3. The highest BCUT2D eigenvalue weighted by Gasteiger charge is 2.29. The molecule has 0 aliphatic carbocycles. The molecule has 4 heteroatoms. The number of benzene rings is 1. The second kappa shape index (κ2) is 6.89. The van der Waals surface area contributed by atoms with E-state index in [1.54, 1.807) is 7.11 Å². The van der Waals surface area contributed by atoms with E-state index in [2.05, 4.69) is 17.0 Å². The number of ether oxygens (including phenoxy) is 1. The second-order valence-electron chi connectivity index (χ2n) is 5.17. The predicted octanol–water partition coefficient (Wildman–Crippen LogP) is 1.06. The van der Waals surface area contributed by atoms with Crippen LogP contribution in [0.5, 0.6) is 5.75 Å². The Bertz CT molecular complexity index is 379. The van der Waals surface area contributed by atoms with E-state index in [4.69, 9.17) is 4.74 Å². The first-order valence-electron chi connectivity index (χ1n) is 6.89. The van der Waals surface area contributed by atoms with Crippen molar-refractivity contribution < 1.29 is 14.9 Å². The molecule has 0 radical (unpaired) electrons. The van der Waals surface area contributed by atoms with Crippen LogP contribution < -0.4 is 4.74 Å². The average Bonchev–Trinajstić information content (AvgIpc) is 2.80. The molecule has 1 heterocycles. The van der Waals surface area contributed by atoms with Gasteiger partial charge in [-0.25, -0.2) is 0 Å². The van der Waals surface area contributed by atoms with Gasteiger partial charge in [0, 0.05) is 12.6 Å². The molecule has 1 saturated heterocycles. The predicted molar refractivity (Wildman–Crippen MR) is 74.4 cm³/mol. The number of methoxy groups -OCH3 is 1. The maximum atomic E-state index is 9.61. The van der Waals surface area contributed by atoms with Crippen LogP contribution in [-0.2, 0) is 6.42 Å². The van der Waals surface area contributed by atoms with E-state index >= 15 is 0 Å². The summed E-state index contributed by atoms with van der Waals surface area (Å²) in [7, 11) is 1.67. The smallest absolute Gasteiger partial charge is 0.118 e. The van der Waals surface area contributed by atoms with Gasteiger partial charge in [0.25, 0.3) is 0 Å². The molecule has 0 saturated carbocycles. The Morgan fingerprint density at radius 1 is 1.32 bits per heavy atom. The van der Waals surface area contributed by atoms with Crippen molar-refractivity contribution in [3.8, 4) is 5.75 Å². The third kappa shape index (κ3) is 3.93. The Morgan fingerprint density at radius 2 is 2.05 bits per heavy atom. The highest BCUT2D eigenvalue weighted by Crippen LogP contribution is 2.18. The maximum absolute atomic E-state index is 9.61. The molecule has 1 aliphatic rings. The van der Waals surface area contributed by atoms with Crippen molar-refractivity contribution in [1.29, 1.82) is 0 Å². The maximum Gasteiger partial charge on any atom is 0.118 e. The number of aryl methyl sites for hydroxylation is 1. The largest absolute Gasteiger partial charge is 0.497 e. The number of nitrogens with zero attached hydrogens (tertiary/aromatic N) is 1. The van der Waals surface area contributed by atoms with Crippen LogP contribution in [0.2, 0.25) is 0 Å². The van der Waals surface area contributed by atoms with Gasteiger partial charge in [0.05, 0.1) is 19.8 Å². The summed E-state index contributed by atoms with van der Waals surface area (Å²) in [5, 5.41) is 18.9. The molecular formula is C15H23NO3. The zero-order valence-corrected chi connectivity index (χ0v) is 11.5. The number of aliphatic hydroxyl groups excluding tert-OH is 2. The van der Waals surface area contributed by atoms with Gasteiger partial charge in [-0.05, 0) is 43.5 Å². The van der Waals surface area contributed by atoms with Crippen molar-refractivity contribution in [1.82, 2.24) is 4.90 Å². The minimum absolute atomic E-state index is 0.130. The Hall–Kier alpha value is -1.10. The van der Waals surface area contributed by atoms with Gasteiger partial charge in [-0.1, -0.05) is 12.1 Å². The van der Waals surface area contributed by atoms with Crippen LogP contribution in [-0.4, -0.2) is 54.1 Å². The molecule has 1 aromatic rings. The van der Waals surface area contributed by atoms with E-state index in [1.165, 1.54) is 5.56 Å². The fourth-order valence-electron chi connectivity index (χ4n) is 2.70. The van der Waals surface area contributed by atoms with Crippen molar-refractivity contribution in [2.75, 3.05) is 26.8 Å². The summed E-state index contributed by atoms with van der Waals surface area (Å²) in [6.45, 7) is 1.75. The summed E-state index contributed by atoms with van der Waals surface area (Å²) in [6.07, 6.45) is 2.46. The summed E-state index contributed by atoms with van der Waals surface area (Å²) >= 11 is 0. The summed E-state index contributed by atoms with van der Waals surface area (Å²) in [4.78, 5) is 2.19. The fraction of sp³-hybridized carbons (Fsp3) is 0.600. The summed E-state index contributed by atoms with van der Waals surface area (Å²) in [5.41, 5.74) is 1.29. The molecule has 19 heavy (non-hydrogen) atoms. The summed E-state index contributed by atoms with van der Waals surface area (Å²) in [5.74, 6) is 0.881. The van der Waals surface area contributed by atoms with Gasteiger partial charge >= 0.3 is 0 Å². The highest BCUT2D eigenvalue weighted by molar-refractivity contribution is 5.27.